The number of nitriles is 1. The maximum Gasteiger partial charge on any atom is 0.229 e. The predicted octanol–water partition coefficient (Wildman–Crippen LogP) is 4.26. The lowest BCUT2D eigenvalue weighted by molar-refractivity contribution is 0.488. The fourth-order valence-electron chi connectivity index (χ4n) is 3.59. The zero-order chi connectivity index (χ0) is 20.6. The molecule has 0 radical (unpaired) electrons. The Morgan fingerprint density at radius 1 is 1.28 bits per heavy atom. The van der Waals surface area contributed by atoms with Crippen molar-refractivity contribution in [3.8, 4) is 6.07 Å². The monoisotopic (exact) mass is 392 g/mol. The molecule has 1 saturated heterocycles. The predicted molar refractivity (Wildman–Crippen MR) is 119 cm³/mol. The van der Waals surface area contributed by atoms with Crippen LogP contribution in [0.25, 0.3) is 0 Å². The van der Waals surface area contributed by atoms with Crippen LogP contribution >= 0.6 is 0 Å². The second-order valence-electron chi connectivity index (χ2n) is 8.18. The molecule has 3 rings (SSSR count). The first-order valence-corrected chi connectivity index (χ1v) is 10.7. The molecule has 0 bridgehead atoms. The van der Waals surface area contributed by atoms with Crippen molar-refractivity contribution in [2.45, 2.75) is 52.5 Å². The Morgan fingerprint density at radius 3 is 2.90 bits per heavy atom. The summed E-state index contributed by atoms with van der Waals surface area (Å²) in [4.78, 5) is 11.8. The first kappa shape index (κ1) is 21.1. The van der Waals surface area contributed by atoms with E-state index in [0.29, 0.717) is 17.6 Å². The van der Waals surface area contributed by atoms with Gasteiger partial charge in [-0.1, -0.05) is 33.3 Å². The second kappa shape index (κ2) is 10.2. The highest BCUT2D eigenvalue weighted by Gasteiger charge is 2.24. The zero-order valence-electron chi connectivity index (χ0n) is 17.8. The molecule has 6 heteroatoms. The molecule has 0 aliphatic carbocycles. The van der Waals surface area contributed by atoms with E-state index in [4.69, 9.17) is 10.2 Å². The Hall–Kier alpha value is -2.65. The highest BCUT2D eigenvalue weighted by molar-refractivity contribution is 5.58. The van der Waals surface area contributed by atoms with Crippen LogP contribution in [-0.2, 0) is 6.42 Å². The van der Waals surface area contributed by atoms with Crippen molar-refractivity contribution < 1.29 is 0 Å². The molecule has 0 unspecified atom stereocenters. The largest absolute Gasteiger partial charge is 0.355 e. The summed E-state index contributed by atoms with van der Waals surface area (Å²) >= 11 is 0. The van der Waals surface area contributed by atoms with Gasteiger partial charge in [0, 0.05) is 36.6 Å². The van der Waals surface area contributed by atoms with Crippen LogP contribution in [0.4, 0.5) is 17.5 Å². The highest BCUT2D eigenvalue weighted by Crippen LogP contribution is 2.23. The van der Waals surface area contributed by atoms with Crippen LogP contribution in [0.3, 0.4) is 0 Å². The number of anilines is 3. The Labute approximate surface area is 174 Å². The van der Waals surface area contributed by atoms with Crippen molar-refractivity contribution in [1.29, 1.82) is 5.26 Å². The number of benzene rings is 1. The fourth-order valence-corrected chi connectivity index (χ4v) is 3.59. The fraction of sp³-hybridized carbons (Fsp3) is 0.522. The quantitative estimate of drug-likeness (QED) is 0.664. The standard InChI is InChI=1S/C23H32N6/c1-4-6-19-14-22(29-12-10-21(16-29)25-11-9-17(2)3)28-23(26-19)27-20-8-5-7-18(13-20)15-24/h5,7-8,13-14,17,21,25H,4,6,9-12,16H2,1-3H3,(H,26,27,28)/t21-/m0/s1. The third kappa shape index (κ3) is 6.16. The molecule has 2 aromatic rings. The van der Waals surface area contributed by atoms with Gasteiger partial charge in [-0.2, -0.15) is 10.2 Å². The van der Waals surface area contributed by atoms with Crippen molar-refractivity contribution in [3.63, 3.8) is 0 Å². The molecule has 1 aliphatic rings. The van der Waals surface area contributed by atoms with Crippen LogP contribution in [-0.4, -0.2) is 35.6 Å². The summed E-state index contributed by atoms with van der Waals surface area (Å²) in [5.74, 6) is 2.31. The van der Waals surface area contributed by atoms with Gasteiger partial charge in [-0.05, 0) is 49.9 Å². The van der Waals surface area contributed by atoms with Gasteiger partial charge in [0.25, 0.3) is 0 Å². The lowest BCUT2D eigenvalue weighted by atomic mass is 10.1. The summed E-state index contributed by atoms with van der Waals surface area (Å²) in [5.41, 5.74) is 2.50. The number of hydrogen-bond donors (Lipinski definition) is 2. The molecule has 1 aromatic carbocycles. The smallest absolute Gasteiger partial charge is 0.229 e. The lowest BCUT2D eigenvalue weighted by Crippen LogP contribution is -2.33. The molecule has 2 heterocycles. The molecule has 1 aromatic heterocycles. The molecule has 154 valence electrons. The van der Waals surface area contributed by atoms with Gasteiger partial charge in [-0.3, -0.25) is 0 Å². The summed E-state index contributed by atoms with van der Waals surface area (Å²) in [6.07, 6.45) is 4.31. The van der Waals surface area contributed by atoms with Crippen molar-refractivity contribution in [2.24, 2.45) is 5.92 Å². The second-order valence-corrected chi connectivity index (χ2v) is 8.18. The van der Waals surface area contributed by atoms with E-state index in [1.165, 1.54) is 6.42 Å². The van der Waals surface area contributed by atoms with E-state index in [1.54, 1.807) is 6.07 Å². The molecule has 1 aliphatic heterocycles. The number of aryl methyl sites for hydroxylation is 1. The van der Waals surface area contributed by atoms with Crippen molar-refractivity contribution >= 4 is 17.5 Å². The number of hydrogen-bond acceptors (Lipinski definition) is 6. The van der Waals surface area contributed by atoms with E-state index in [1.807, 2.05) is 18.2 Å². The molecule has 1 fully saturated rings. The van der Waals surface area contributed by atoms with E-state index >= 15 is 0 Å². The molecular formula is C23H32N6. The average Bonchev–Trinajstić information content (AvgIpc) is 3.17. The number of rotatable bonds is 9. The zero-order valence-corrected chi connectivity index (χ0v) is 17.8. The molecular weight excluding hydrogens is 360 g/mol. The van der Waals surface area contributed by atoms with Crippen molar-refractivity contribution in [1.82, 2.24) is 15.3 Å². The maximum absolute atomic E-state index is 9.12. The molecule has 0 amide bonds. The van der Waals surface area contributed by atoms with Crippen molar-refractivity contribution in [2.75, 3.05) is 29.9 Å². The first-order chi connectivity index (χ1) is 14.1. The third-order valence-electron chi connectivity index (χ3n) is 5.19. The molecule has 2 N–H and O–H groups in total. The molecule has 1 atom stereocenters. The van der Waals surface area contributed by atoms with E-state index in [-0.39, 0.29) is 0 Å². The topological polar surface area (TPSA) is 76.9 Å². The van der Waals surface area contributed by atoms with Gasteiger partial charge in [-0.25, -0.2) is 4.98 Å². The SMILES string of the molecule is CCCc1cc(N2CC[C@H](NCCC(C)C)C2)nc(Nc2cccc(C#N)c2)n1. The Balaban J connectivity index is 1.72. The number of aromatic nitrogens is 2. The summed E-state index contributed by atoms with van der Waals surface area (Å²) in [6, 6.07) is 12.2. The Bertz CT molecular complexity index is 842. The van der Waals surface area contributed by atoms with Crippen molar-refractivity contribution in [3.05, 3.63) is 41.6 Å². The van der Waals surface area contributed by atoms with Crippen LogP contribution in [0.1, 0.15) is 51.3 Å². The van der Waals surface area contributed by atoms with Crippen LogP contribution in [0.2, 0.25) is 0 Å². The summed E-state index contributed by atoms with van der Waals surface area (Å²) in [7, 11) is 0. The molecule has 29 heavy (non-hydrogen) atoms. The van der Waals surface area contributed by atoms with E-state index in [2.05, 4.69) is 53.4 Å². The third-order valence-corrected chi connectivity index (χ3v) is 5.19. The Morgan fingerprint density at radius 2 is 2.14 bits per heavy atom. The van der Waals surface area contributed by atoms with E-state index < -0.39 is 0 Å². The summed E-state index contributed by atoms with van der Waals surface area (Å²) < 4.78 is 0. The van der Waals surface area contributed by atoms with Gasteiger partial charge in [0.1, 0.15) is 5.82 Å². The normalized spacial score (nSPS) is 16.2. The van der Waals surface area contributed by atoms with E-state index in [0.717, 1.165) is 62.0 Å². The summed E-state index contributed by atoms with van der Waals surface area (Å²) in [5, 5.41) is 16.1. The van der Waals surface area contributed by atoms with Crippen LogP contribution < -0.4 is 15.5 Å². The van der Waals surface area contributed by atoms with E-state index in [9.17, 15) is 0 Å². The maximum atomic E-state index is 9.12. The molecule has 0 saturated carbocycles. The minimum absolute atomic E-state index is 0.516. The Kier molecular flexibility index (Phi) is 7.42. The minimum atomic E-state index is 0.516. The van der Waals surface area contributed by atoms with Crippen LogP contribution in [0.5, 0.6) is 0 Å². The van der Waals surface area contributed by atoms with Gasteiger partial charge in [-0.15, -0.1) is 0 Å². The van der Waals surface area contributed by atoms with Crippen LogP contribution in [0, 0.1) is 17.2 Å². The van der Waals surface area contributed by atoms with Crippen LogP contribution in [0.15, 0.2) is 30.3 Å². The highest BCUT2D eigenvalue weighted by atomic mass is 15.3. The lowest BCUT2D eigenvalue weighted by Gasteiger charge is -2.20. The van der Waals surface area contributed by atoms with Gasteiger partial charge >= 0.3 is 0 Å². The minimum Gasteiger partial charge on any atom is -0.355 e. The first-order valence-electron chi connectivity index (χ1n) is 10.7. The van der Waals surface area contributed by atoms with Gasteiger partial charge in [0.2, 0.25) is 5.95 Å². The molecule has 6 nitrogen and oxygen atoms in total. The molecule has 0 spiro atoms. The number of nitrogens with zero attached hydrogens (tertiary/aromatic N) is 4. The average molecular weight is 393 g/mol. The number of nitrogens with one attached hydrogen (secondary N) is 2. The van der Waals surface area contributed by atoms with Gasteiger partial charge in [0.15, 0.2) is 0 Å². The van der Waals surface area contributed by atoms with Gasteiger partial charge in [0.05, 0.1) is 11.6 Å². The van der Waals surface area contributed by atoms with Gasteiger partial charge < -0.3 is 15.5 Å². The summed E-state index contributed by atoms with van der Waals surface area (Å²) in [6.45, 7) is 9.74.